The topological polar surface area (TPSA) is 67.4 Å². The van der Waals surface area contributed by atoms with E-state index in [9.17, 15) is 8.42 Å². The highest BCUT2D eigenvalue weighted by Crippen LogP contribution is 2.18. The molecule has 0 aromatic heterocycles. The summed E-state index contributed by atoms with van der Waals surface area (Å²) in [7, 11) is -1.58. The van der Waals surface area contributed by atoms with Crippen molar-refractivity contribution in [3.63, 3.8) is 0 Å². The summed E-state index contributed by atoms with van der Waals surface area (Å²) in [5.41, 5.74) is 2.86. The third-order valence-electron chi connectivity index (χ3n) is 3.84. The lowest BCUT2D eigenvalue weighted by Crippen LogP contribution is -2.18. The van der Waals surface area contributed by atoms with Crippen LogP contribution in [0.5, 0.6) is 5.75 Å². The number of ether oxygens (including phenoxy) is 1. The van der Waals surface area contributed by atoms with Gasteiger partial charge in [-0.25, -0.2) is 8.42 Å². The van der Waals surface area contributed by atoms with E-state index in [1.807, 2.05) is 36.4 Å². The molecular weight excluding hydrogens is 324 g/mol. The summed E-state index contributed by atoms with van der Waals surface area (Å²) < 4.78 is 30.8. The molecule has 0 spiro atoms. The maximum absolute atomic E-state index is 11.6. The first-order valence-electron chi connectivity index (χ1n) is 7.90. The predicted octanol–water partition coefficient (Wildman–Crippen LogP) is 3.31. The van der Waals surface area contributed by atoms with Gasteiger partial charge in [0.15, 0.2) is 0 Å². The normalized spacial score (nSPS) is 12.6. The molecule has 0 aliphatic carbocycles. The third kappa shape index (κ3) is 5.25. The average Bonchev–Trinajstić information content (AvgIpc) is 2.60. The predicted molar refractivity (Wildman–Crippen MR) is 97.8 cm³/mol. The van der Waals surface area contributed by atoms with Gasteiger partial charge in [0.25, 0.3) is 0 Å². The number of nitrogens with one attached hydrogen (secondary N) is 2. The maximum atomic E-state index is 11.6. The SMILES string of the molecule is CCS(=O)(=O)Nc1ccc(C(C)NCc2ccc(OC)cc2)cc1. The van der Waals surface area contributed by atoms with Crippen LogP contribution in [0.15, 0.2) is 48.5 Å². The summed E-state index contributed by atoms with van der Waals surface area (Å²) in [4.78, 5) is 0. The summed E-state index contributed by atoms with van der Waals surface area (Å²) in [5, 5.41) is 3.45. The molecule has 24 heavy (non-hydrogen) atoms. The molecule has 0 radical (unpaired) electrons. The van der Waals surface area contributed by atoms with Crippen molar-refractivity contribution in [3.8, 4) is 5.75 Å². The Morgan fingerprint density at radius 3 is 2.21 bits per heavy atom. The molecule has 6 heteroatoms. The molecule has 2 rings (SSSR count). The van der Waals surface area contributed by atoms with E-state index in [0.29, 0.717) is 5.69 Å². The first-order valence-corrected chi connectivity index (χ1v) is 9.55. The number of anilines is 1. The number of hydrogen-bond donors (Lipinski definition) is 2. The molecule has 0 amide bonds. The fraction of sp³-hybridized carbons (Fsp3) is 0.333. The highest BCUT2D eigenvalue weighted by Gasteiger charge is 2.08. The van der Waals surface area contributed by atoms with Crippen LogP contribution in [0.25, 0.3) is 0 Å². The van der Waals surface area contributed by atoms with Crippen molar-refractivity contribution in [1.29, 1.82) is 0 Å². The zero-order valence-electron chi connectivity index (χ0n) is 14.2. The van der Waals surface area contributed by atoms with Crippen molar-refractivity contribution < 1.29 is 13.2 Å². The Bertz CT molecular complexity index is 741. The van der Waals surface area contributed by atoms with Gasteiger partial charge in [0.2, 0.25) is 10.0 Å². The maximum Gasteiger partial charge on any atom is 0.232 e. The minimum atomic E-state index is -3.23. The first kappa shape index (κ1) is 18.3. The van der Waals surface area contributed by atoms with Gasteiger partial charge in [-0.3, -0.25) is 4.72 Å². The average molecular weight is 348 g/mol. The van der Waals surface area contributed by atoms with Crippen LogP contribution in [0.4, 0.5) is 5.69 Å². The number of sulfonamides is 1. The van der Waals surface area contributed by atoms with E-state index in [1.165, 1.54) is 5.56 Å². The largest absolute Gasteiger partial charge is 0.497 e. The van der Waals surface area contributed by atoms with Crippen molar-refractivity contribution in [2.75, 3.05) is 17.6 Å². The molecule has 2 aromatic carbocycles. The second-order valence-electron chi connectivity index (χ2n) is 5.58. The second kappa shape index (κ2) is 8.17. The molecule has 0 fully saturated rings. The molecule has 1 unspecified atom stereocenters. The lowest BCUT2D eigenvalue weighted by Gasteiger charge is -2.15. The van der Waals surface area contributed by atoms with Crippen LogP contribution in [0.2, 0.25) is 0 Å². The van der Waals surface area contributed by atoms with E-state index in [4.69, 9.17) is 4.74 Å². The highest BCUT2D eigenvalue weighted by molar-refractivity contribution is 7.92. The summed E-state index contributed by atoms with van der Waals surface area (Å²) in [5.74, 6) is 0.908. The van der Waals surface area contributed by atoms with Crippen LogP contribution >= 0.6 is 0 Å². The zero-order chi connectivity index (χ0) is 17.6. The van der Waals surface area contributed by atoms with Gasteiger partial charge in [-0.2, -0.15) is 0 Å². The number of hydrogen-bond acceptors (Lipinski definition) is 4. The summed E-state index contributed by atoms with van der Waals surface area (Å²) >= 11 is 0. The Kier molecular flexibility index (Phi) is 6.23. The number of methoxy groups -OCH3 is 1. The van der Waals surface area contributed by atoms with E-state index in [2.05, 4.69) is 17.0 Å². The Hall–Kier alpha value is -2.05. The molecule has 0 saturated carbocycles. The lowest BCUT2D eigenvalue weighted by molar-refractivity contribution is 0.414. The van der Waals surface area contributed by atoms with Gasteiger partial charge >= 0.3 is 0 Å². The molecule has 5 nitrogen and oxygen atoms in total. The van der Waals surface area contributed by atoms with E-state index < -0.39 is 10.0 Å². The van der Waals surface area contributed by atoms with Crippen LogP contribution in [0.1, 0.15) is 31.0 Å². The van der Waals surface area contributed by atoms with Gasteiger partial charge in [0.05, 0.1) is 12.9 Å². The Labute approximate surface area is 144 Å². The molecule has 2 aromatic rings. The standard InChI is InChI=1S/C18H24N2O3S/c1-4-24(21,22)20-17-9-7-16(8-10-17)14(2)19-13-15-5-11-18(23-3)12-6-15/h5-12,14,19-20H,4,13H2,1-3H3. The van der Waals surface area contributed by atoms with Crippen molar-refractivity contribution in [2.45, 2.75) is 26.4 Å². The highest BCUT2D eigenvalue weighted by atomic mass is 32.2. The molecule has 0 aliphatic heterocycles. The lowest BCUT2D eigenvalue weighted by atomic mass is 10.1. The van der Waals surface area contributed by atoms with Crippen LogP contribution in [0, 0.1) is 0 Å². The van der Waals surface area contributed by atoms with Gasteiger partial charge in [0.1, 0.15) is 5.75 Å². The van der Waals surface area contributed by atoms with Crippen molar-refractivity contribution in [3.05, 3.63) is 59.7 Å². The van der Waals surface area contributed by atoms with E-state index in [1.54, 1.807) is 26.2 Å². The fourth-order valence-electron chi connectivity index (χ4n) is 2.22. The molecule has 0 heterocycles. The molecule has 0 saturated heterocycles. The molecule has 0 aliphatic rings. The van der Waals surface area contributed by atoms with Crippen molar-refractivity contribution in [1.82, 2.24) is 5.32 Å². The minimum absolute atomic E-state index is 0.0641. The molecule has 0 bridgehead atoms. The van der Waals surface area contributed by atoms with Crippen LogP contribution < -0.4 is 14.8 Å². The third-order valence-corrected chi connectivity index (χ3v) is 5.14. The van der Waals surface area contributed by atoms with Gasteiger partial charge < -0.3 is 10.1 Å². The first-order chi connectivity index (χ1) is 11.4. The quantitative estimate of drug-likeness (QED) is 0.768. The van der Waals surface area contributed by atoms with E-state index in [-0.39, 0.29) is 11.8 Å². The van der Waals surface area contributed by atoms with Crippen LogP contribution in [-0.2, 0) is 16.6 Å². The van der Waals surface area contributed by atoms with Gasteiger partial charge in [-0.1, -0.05) is 24.3 Å². The fourth-order valence-corrected chi connectivity index (χ4v) is 2.86. The van der Waals surface area contributed by atoms with Crippen molar-refractivity contribution >= 4 is 15.7 Å². The van der Waals surface area contributed by atoms with E-state index >= 15 is 0 Å². The summed E-state index contributed by atoms with van der Waals surface area (Å²) in [6.07, 6.45) is 0. The summed E-state index contributed by atoms with van der Waals surface area (Å²) in [6.45, 7) is 4.44. The number of rotatable bonds is 8. The van der Waals surface area contributed by atoms with Crippen LogP contribution in [0.3, 0.4) is 0 Å². The van der Waals surface area contributed by atoms with E-state index in [0.717, 1.165) is 17.9 Å². The Balaban J connectivity index is 1.93. The Morgan fingerprint density at radius 2 is 1.67 bits per heavy atom. The zero-order valence-corrected chi connectivity index (χ0v) is 15.1. The van der Waals surface area contributed by atoms with Gasteiger partial charge in [-0.05, 0) is 49.2 Å². The monoisotopic (exact) mass is 348 g/mol. The summed E-state index contributed by atoms with van der Waals surface area (Å²) in [6, 6.07) is 15.5. The minimum Gasteiger partial charge on any atom is -0.497 e. The second-order valence-corrected chi connectivity index (χ2v) is 7.59. The molecular formula is C18H24N2O3S. The molecule has 2 N–H and O–H groups in total. The molecule has 1 atom stereocenters. The van der Waals surface area contributed by atoms with Crippen LogP contribution in [-0.4, -0.2) is 21.3 Å². The number of benzene rings is 2. The Morgan fingerprint density at radius 1 is 1.04 bits per heavy atom. The smallest absolute Gasteiger partial charge is 0.232 e. The molecule has 130 valence electrons. The van der Waals surface area contributed by atoms with Gasteiger partial charge in [-0.15, -0.1) is 0 Å². The van der Waals surface area contributed by atoms with Gasteiger partial charge in [0, 0.05) is 18.3 Å². The van der Waals surface area contributed by atoms with Crippen molar-refractivity contribution in [2.24, 2.45) is 0 Å².